The molecule has 1 unspecified atom stereocenters. The lowest BCUT2D eigenvalue weighted by Crippen LogP contribution is -2.40. The van der Waals surface area contributed by atoms with Crippen molar-refractivity contribution in [3.05, 3.63) is 24.3 Å². The first-order valence-electron chi connectivity index (χ1n) is 5.54. The van der Waals surface area contributed by atoms with Crippen LogP contribution in [0.15, 0.2) is 24.3 Å². The molecule has 4 heteroatoms. The second kappa shape index (κ2) is 5.46. The van der Waals surface area contributed by atoms with Crippen molar-refractivity contribution in [3.63, 3.8) is 0 Å². The summed E-state index contributed by atoms with van der Waals surface area (Å²) < 4.78 is 5.24. The molecule has 0 radical (unpaired) electrons. The van der Waals surface area contributed by atoms with Crippen molar-refractivity contribution < 1.29 is 4.74 Å². The summed E-state index contributed by atoms with van der Waals surface area (Å²) in [7, 11) is 1.70. The van der Waals surface area contributed by atoms with Crippen LogP contribution < -0.4 is 15.4 Å². The molecule has 3 nitrogen and oxygen atoms in total. The van der Waals surface area contributed by atoms with Gasteiger partial charge in [0.1, 0.15) is 5.75 Å². The normalized spacial score (nSPS) is 20.9. The molecule has 16 heavy (non-hydrogen) atoms. The van der Waals surface area contributed by atoms with Gasteiger partial charge in [0.15, 0.2) is 0 Å². The summed E-state index contributed by atoms with van der Waals surface area (Å²) in [6.45, 7) is 2.88. The fraction of sp³-hybridized carbons (Fsp3) is 0.500. The first kappa shape index (κ1) is 11.6. The predicted molar refractivity (Wildman–Crippen MR) is 70.5 cm³/mol. The summed E-state index contributed by atoms with van der Waals surface area (Å²) in [5.41, 5.74) is 6.96. The molecule has 0 saturated carbocycles. The highest BCUT2D eigenvalue weighted by atomic mass is 32.2. The van der Waals surface area contributed by atoms with Crippen LogP contribution in [-0.4, -0.2) is 37.7 Å². The maximum Gasteiger partial charge on any atom is 0.120 e. The van der Waals surface area contributed by atoms with E-state index in [1.165, 1.54) is 5.69 Å². The molecule has 0 aromatic heterocycles. The third-order valence-electron chi connectivity index (χ3n) is 2.82. The average Bonchev–Trinajstić information content (AvgIpc) is 2.39. The molecule has 1 fully saturated rings. The molecule has 2 rings (SSSR count). The van der Waals surface area contributed by atoms with Gasteiger partial charge in [-0.05, 0) is 12.1 Å². The number of anilines is 1. The molecule has 0 spiro atoms. The van der Waals surface area contributed by atoms with Crippen LogP contribution in [-0.2, 0) is 0 Å². The zero-order valence-electron chi connectivity index (χ0n) is 9.56. The Morgan fingerprint density at radius 2 is 2.44 bits per heavy atom. The van der Waals surface area contributed by atoms with E-state index in [1.807, 2.05) is 23.9 Å². The first-order chi connectivity index (χ1) is 7.83. The van der Waals surface area contributed by atoms with Crippen LogP contribution in [0.25, 0.3) is 0 Å². The summed E-state index contributed by atoms with van der Waals surface area (Å²) in [6, 6.07) is 8.23. The minimum Gasteiger partial charge on any atom is -0.497 e. The van der Waals surface area contributed by atoms with Crippen LogP contribution in [0, 0.1) is 0 Å². The molecule has 2 N–H and O–H groups in total. The van der Waals surface area contributed by atoms with Crippen LogP contribution >= 0.6 is 11.8 Å². The topological polar surface area (TPSA) is 38.5 Å². The van der Waals surface area contributed by atoms with Crippen molar-refractivity contribution in [3.8, 4) is 5.75 Å². The molecule has 1 saturated heterocycles. The third-order valence-corrected chi connectivity index (χ3v) is 4.05. The van der Waals surface area contributed by atoms with Crippen molar-refractivity contribution in [1.29, 1.82) is 0 Å². The van der Waals surface area contributed by atoms with Crippen molar-refractivity contribution in [2.45, 2.75) is 5.25 Å². The number of hydrogen-bond acceptors (Lipinski definition) is 4. The number of nitrogens with two attached hydrogens (primary N) is 1. The van der Waals surface area contributed by atoms with Crippen molar-refractivity contribution >= 4 is 17.4 Å². The fourth-order valence-corrected chi connectivity index (χ4v) is 2.98. The Balaban J connectivity index is 2.10. The van der Waals surface area contributed by atoms with Gasteiger partial charge in [-0.1, -0.05) is 6.07 Å². The van der Waals surface area contributed by atoms with Crippen LogP contribution in [0.1, 0.15) is 0 Å². The lowest BCUT2D eigenvalue weighted by Gasteiger charge is -2.33. The van der Waals surface area contributed by atoms with Crippen LogP contribution in [0.2, 0.25) is 0 Å². The maximum absolute atomic E-state index is 5.73. The van der Waals surface area contributed by atoms with Crippen molar-refractivity contribution in [2.75, 3.05) is 37.4 Å². The monoisotopic (exact) mass is 238 g/mol. The van der Waals surface area contributed by atoms with E-state index >= 15 is 0 Å². The van der Waals surface area contributed by atoms with Gasteiger partial charge in [0.2, 0.25) is 0 Å². The Morgan fingerprint density at radius 3 is 3.19 bits per heavy atom. The quantitative estimate of drug-likeness (QED) is 0.867. The molecular formula is C12H18N2OS. The van der Waals surface area contributed by atoms with Crippen LogP contribution in [0.4, 0.5) is 5.69 Å². The smallest absolute Gasteiger partial charge is 0.120 e. The van der Waals surface area contributed by atoms with E-state index in [9.17, 15) is 0 Å². The zero-order valence-corrected chi connectivity index (χ0v) is 10.4. The van der Waals surface area contributed by atoms with Gasteiger partial charge >= 0.3 is 0 Å². The highest BCUT2D eigenvalue weighted by molar-refractivity contribution is 8.00. The zero-order chi connectivity index (χ0) is 11.4. The average molecular weight is 238 g/mol. The lowest BCUT2D eigenvalue weighted by molar-refractivity contribution is 0.415. The molecule has 1 aliphatic rings. The first-order valence-corrected chi connectivity index (χ1v) is 6.59. The molecule has 88 valence electrons. The minimum atomic E-state index is 0.556. The van der Waals surface area contributed by atoms with Gasteiger partial charge in [-0.25, -0.2) is 0 Å². The summed E-state index contributed by atoms with van der Waals surface area (Å²) in [5.74, 6) is 2.07. The standard InChI is InChI=1S/C12H18N2OS/c1-15-11-4-2-3-10(7-11)14-5-6-16-12(8-13)9-14/h2-4,7,12H,5-6,8-9,13H2,1H3. The molecule has 1 heterocycles. The molecule has 1 aromatic carbocycles. The van der Waals surface area contributed by atoms with Gasteiger partial charge in [-0.3, -0.25) is 0 Å². The predicted octanol–water partition coefficient (Wildman–Crippen LogP) is 1.58. The molecular weight excluding hydrogens is 220 g/mol. The maximum atomic E-state index is 5.73. The number of nitrogens with zero attached hydrogens (tertiary/aromatic N) is 1. The number of methoxy groups -OCH3 is 1. The van der Waals surface area contributed by atoms with E-state index in [0.717, 1.165) is 31.1 Å². The van der Waals surface area contributed by atoms with Gasteiger partial charge in [0.05, 0.1) is 7.11 Å². The number of hydrogen-bond donors (Lipinski definition) is 1. The Bertz CT molecular complexity index is 346. The van der Waals surface area contributed by atoms with Crippen LogP contribution in [0.5, 0.6) is 5.75 Å². The lowest BCUT2D eigenvalue weighted by atomic mass is 10.2. The van der Waals surface area contributed by atoms with Gasteiger partial charge in [0.25, 0.3) is 0 Å². The van der Waals surface area contributed by atoms with E-state index in [0.29, 0.717) is 5.25 Å². The van der Waals surface area contributed by atoms with E-state index in [-0.39, 0.29) is 0 Å². The van der Waals surface area contributed by atoms with E-state index in [2.05, 4.69) is 17.0 Å². The number of benzene rings is 1. The molecule has 1 atom stereocenters. The Morgan fingerprint density at radius 1 is 1.56 bits per heavy atom. The Kier molecular flexibility index (Phi) is 3.96. The Hall–Kier alpha value is -0.870. The number of ether oxygens (including phenoxy) is 1. The summed E-state index contributed by atoms with van der Waals surface area (Å²) in [6.07, 6.45) is 0. The largest absolute Gasteiger partial charge is 0.497 e. The number of thioether (sulfide) groups is 1. The van der Waals surface area contributed by atoms with Crippen molar-refractivity contribution in [1.82, 2.24) is 0 Å². The SMILES string of the molecule is COc1cccc(N2CCSC(CN)C2)c1. The second-order valence-electron chi connectivity index (χ2n) is 3.88. The summed E-state index contributed by atoms with van der Waals surface area (Å²) in [5, 5.41) is 0.556. The summed E-state index contributed by atoms with van der Waals surface area (Å²) in [4.78, 5) is 2.39. The van der Waals surface area contributed by atoms with Gasteiger partial charge < -0.3 is 15.4 Å². The fourth-order valence-electron chi connectivity index (χ4n) is 1.90. The van der Waals surface area contributed by atoms with E-state index in [4.69, 9.17) is 10.5 Å². The third kappa shape index (κ3) is 2.62. The summed E-state index contributed by atoms with van der Waals surface area (Å²) >= 11 is 1.97. The van der Waals surface area contributed by atoms with Gasteiger partial charge in [-0.2, -0.15) is 11.8 Å². The molecule has 0 bridgehead atoms. The molecule has 0 aliphatic carbocycles. The van der Waals surface area contributed by atoms with E-state index in [1.54, 1.807) is 7.11 Å². The van der Waals surface area contributed by atoms with Gasteiger partial charge in [0, 0.05) is 42.4 Å². The Labute approximate surface area is 101 Å². The van der Waals surface area contributed by atoms with Crippen molar-refractivity contribution in [2.24, 2.45) is 5.73 Å². The molecule has 1 aromatic rings. The van der Waals surface area contributed by atoms with E-state index < -0.39 is 0 Å². The van der Waals surface area contributed by atoms with Gasteiger partial charge in [-0.15, -0.1) is 0 Å². The second-order valence-corrected chi connectivity index (χ2v) is 5.28. The van der Waals surface area contributed by atoms with Crippen LogP contribution in [0.3, 0.4) is 0 Å². The minimum absolute atomic E-state index is 0.556. The molecule has 1 aliphatic heterocycles. The molecule has 0 amide bonds. The highest BCUT2D eigenvalue weighted by Crippen LogP contribution is 2.26. The highest BCUT2D eigenvalue weighted by Gasteiger charge is 2.19. The number of rotatable bonds is 3.